The number of rotatable bonds is 8. The van der Waals surface area contributed by atoms with Crippen LogP contribution < -0.4 is 5.32 Å². The lowest BCUT2D eigenvalue weighted by Gasteiger charge is -2.09. The fourth-order valence-corrected chi connectivity index (χ4v) is 2.91. The SMILES string of the molecule is CC(C)n1cnnc1SCC(=O)NCCc1ccc(C(=O)O)cc1. The molecular weight excluding hydrogens is 328 g/mol. The van der Waals surface area contributed by atoms with Crippen LogP contribution in [0.25, 0.3) is 0 Å². The summed E-state index contributed by atoms with van der Waals surface area (Å²) in [5, 5.41) is 20.3. The molecule has 8 heteroatoms. The predicted octanol–water partition coefficient (Wildman–Crippen LogP) is 2.01. The lowest BCUT2D eigenvalue weighted by Crippen LogP contribution is -2.27. The Kier molecular flexibility index (Phi) is 6.36. The molecule has 2 aromatic rings. The molecule has 7 nitrogen and oxygen atoms in total. The predicted molar refractivity (Wildman–Crippen MR) is 91.2 cm³/mol. The minimum absolute atomic E-state index is 0.0690. The third kappa shape index (κ3) is 5.09. The number of amides is 1. The van der Waals surface area contributed by atoms with Gasteiger partial charge < -0.3 is 15.0 Å². The zero-order valence-corrected chi connectivity index (χ0v) is 14.4. The van der Waals surface area contributed by atoms with E-state index < -0.39 is 5.97 Å². The van der Waals surface area contributed by atoms with Gasteiger partial charge in [-0.3, -0.25) is 4.79 Å². The van der Waals surface area contributed by atoms with Crippen molar-refractivity contribution in [3.8, 4) is 0 Å². The van der Waals surface area contributed by atoms with E-state index in [1.807, 2.05) is 18.4 Å². The van der Waals surface area contributed by atoms with E-state index in [-0.39, 0.29) is 23.3 Å². The quantitative estimate of drug-likeness (QED) is 0.708. The van der Waals surface area contributed by atoms with E-state index in [4.69, 9.17) is 5.11 Å². The van der Waals surface area contributed by atoms with Gasteiger partial charge in [-0.2, -0.15) is 0 Å². The van der Waals surface area contributed by atoms with Crippen LogP contribution in [0.2, 0.25) is 0 Å². The maximum Gasteiger partial charge on any atom is 0.335 e. The molecule has 24 heavy (non-hydrogen) atoms. The molecule has 0 bridgehead atoms. The molecule has 1 heterocycles. The molecule has 1 amide bonds. The number of aromatic carboxylic acids is 1. The number of nitrogens with zero attached hydrogens (tertiary/aromatic N) is 3. The number of nitrogens with one attached hydrogen (secondary N) is 1. The number of aromatic nitrogens is 3. The molecule has 0 aliphatic rings. The molecule has 1 aromatic carbocycles. The van der Waals surface area contributed by atoms with E-state index in [1.54, 1.807) is 30.6 Å². The number of carbonyl (C=O) groups excluding carboxylic acids is 1. The summed E-state index contributed by atoms with van der Waals surface area (Å²) in [5.74, 6) is -0.731. The molecule has 0 atom stereocenters. The summed E-state index contributed by atoms with van der Waals surface area (Å²) in [5.41, 5.74) is 1.24. The van der Waals surface area contributed by atoms with Crippen molar-refractivity contribution in [2.45, 2.75) is 31.5 Å². The van der Waals surface area contributed by atoms with Gasteiger partial charge in [-0.05, 0) is 38.0 Å². The average molecular weight is 348 g/mol. The fourth-order valence-electron chi connectivity index (χ4n) is 2.03. The highest BCUT2D eigenvalue weighted by atomic mass is 32.2. The Bertz CT molecular complexity index is 698. The van der Waals surface area contributed by atoms with Crippen LogP contribution >= 0.6 is 11.8 Å². The largest absolute Gasteiger partial charge is 0.478 e. The molecule has 0 fully saturated rings. The summed E-state index contributed by atoms with van der Waals surface area (Å²) in [6.07, 6.45) is 2.31. The van der Waals surface area contributed by atoms with Crippen LogP contribution in [0.15, 0.2) is 35.7 Å². The third-order valence-corrected chi connectivity index (χ3v) is 4.32. The average Bonchev–Trinajstić information content (AvgIpc) is 3.02. The van der Waals surface area contributed by atoms with E-state index in [0.717, 1.165) is 10.7 Å². The fraction of sp³-hybridized carbons (Fsp3) is 0.375. The van der Waals surface area contributed by atoms with E-state index in [1.165, 1.54) is 11.8 Å². The first-order valence-electron chi connectivity index (χ1n) is 7.58. The topological polar surface area (TPSA) is 97.1 Å². The van der Waals surface area contributed by atoms with Crippen molar-refractivity contribution in [2.24, 2.45) is 0 Å². The van der Waals surface area contributed by atoms with Gasteiger partial charge in [0.25, 0.3) is 0 Å². The lowest BCUT2D eigenvalue weighted by molar-refractivity contribution is -0.118. The Morgan fingerprint density at radius 1 is 1.29 bits per heavy atom. The number of hydrogen-bond acceptors (Lipinski definition) is 5. The van der Waals surface area contributed by atoms with Crippen molar-refractivity contribution in [1.82, 2.24) is 20.1 Å². The minimum atomic E-state index is -0.943. The van der Waals surface area contributed by atoms with Crippen molar-refractivity contribution in [1.29, 1.82) is 0 Å². The van der Waals surface area contributed by atoms with Crippen LogP contribution in [0.4, 0.5) is 0 Å². The third-order valence-electron chi connectivity index (χ3n) is 3.37. The van der Waals surface area contributed by atoms with Gasteiger partial charge in [0.15, 0.2) is 5.16 Å². The highest BCUT2D eigenvalue weighted by molar-refractivity contribution is 7.99. The monoisotopic (exact) mass is 348 g/mol. The van der Waals surface area contributed by atoms with Gasteiger partial charge in [-0.25, -0.2) is 4.79 Å². The van der Waals surface area contributed by atoms with Crippen LogP contribution in [-0.4, -0.2) is 44.0 Å². The number of carboxylic acids is 1. The summed E-state index contributed by atoms with van der Waals surface area (Å²) in [6, 6.07) is 6.90. The summed E-state index contributed by atoms with van der Waals surface area (Å²) >= 11 is 1.35. The van der Waals surface area contributed by atoms with Gasteiger partial charge in [0, 0.05) is 12.6 Å². The molecular formula is C16H20N4O3S. The maximum atomic E-state index is 11.9. The maximum absolute atomic E-state index is 11.9. The second-order valence-electron chi connectivity index (χ2n) is 5.51. The molecule has 0 aliphatic carbocycles. The number of benzene rings is 1. The van der Waals surface area contributed by atoms with Gasteiger partial charge in [-0.15, -0.1) is 10.2 Å². The van der Waals surface area contributed by atoms with E-state index in [2.05, 4.69) is 15.5 Å². The summed E-state index contributed by atoms with van der Waals surface area (Å²) in [6.45, 7) is 4.56. The van der Waals surface area contributed by atoms with Crippen molar-refractivity contribution < 1.29 is 14.7 Å². The molecule has 0 spiro atoms. The number of thioether (sulfide) groups is 1. The zero-order chi connectivity index (χ0) is 17.5. The Morgan fingerprint density at radius 3 is 2.62 bits per heavy atom. The highest BCUT2D eigenvalue weighted by Gasteiger charge is 2.10. The standard InChI is InChI=1S/C16H20N4O3S/c1-11(2)20-10-18-19-16(20)24-9-14(21)17-8-7-12-3-5-13(6-4-12)15(22)23/h3-6,10-11H,7-9H2,1-2H3,(H,17,21)(H,22,23). The normalized spacial score (nSPS) is 10.8. The highest BCUT2D eigenvalue weighted by Crippen LogP contribution is 2.18. The molecule has 0 saturated heterocycles. The molecule has 0 aliphatic heterocycles. The Morgan fingerprint density at radius 2 is 2.00 bits per heavy atom. The van der Waals surface area contributed by atoms with Crippen molar-refractivity contribution in [3.63, 3.8) is 0 Å². The smallest absolute Gasteiger partial charge is 0.335 e. The van der Waals surface area contributed by atoms with Gasteiger partial charge in [0.1, 0.15) is 6.33 Å². The van der Waals surface area contributed by atoms with Crippen molar-refractivity contribution in [3.05, 3.63) is 41.7 Å². The Labute approximate surface area is 144 Å². The van der Waals surface area contributed by atoms with Gasteiger partial charge >= 0.3 is 5.97 Å². The molecule has 0 saturated carbocycles. The van der Waals surface area contributed by atoms with Gasteiger partial charge in [0.05, 0.1) is 11.3 Å². The molecule has 0 unspecified atom stereocenters. The minimum Gasteiger partial charge on any atom is -0.478 e. The number of carbonyl (C=O) groups is 2. The Balaban J connectivity index is 1.73. The van der Waals surface area contributed by atoms with Crippen molar-refractivity contribution in [2.75, 3.05) is 12.3 Å². The molecule has 1 aromatic heterocycles. The second-order valence-corrected chi connectivity index (χ2v) is 6.45. The first-order valence-corrected chi connectivity index (χ1v) is 8.57. The summed E-state index contributed by atoms with van der Waals surface area (Å²) in [7, 11) is 0. The van der Waals surface area contributed by atoms with Crippen LogP contribution in [0, 0.1) is 0 Å². The number of carboxylic acid groups (broad SMARTS) is 1. The number of hydrogen-bond donors (Lipinski definition) is 2. The zero-order valence-electron chi connectivity index (χ0n) is 13.6. The summed E-state index contributed by atoms with van der Waals surface area (Å²) in [4.78, 5) is 22.7. The van der Waals surface area contributed by atoms with Crippen LogP contribution in [0.1, 0.15) is 35.8 Å². The van der Waals surface area contributed by atoms with Crippen LogP contribution in [-0.2, 0) is 11.2 Å². The molecule has 0 radical (unpaired) electrons. The van der Waals surface area contributed by atoms with E-state index in [9.17, 15) is 9.59 Å². The van der Waals surface area contributed by atoms with E-state index >= 15 is 0 Å². The molecule has 2 rings (SSSR count). The summed E-state index contributed by atoms with van der Waals surface area (Å²) < 4.78 is 1.92. The second kappa shape index (κ2) is 8.49. The van der Waals surface area contributed by atoms with Crippen LogP contribution in [0.5, 0.6) is 0 Å². The molecule has 2 N–H and O–H groups in total. The van der Waals surface area contributed by atoms with Crippen molar-refractivity contribution >= 4 is 23.6 Å². The van der Waals surface area contributed by atoms with Gasteiger partial charge in [-0.1, -0.05) is 23.9 Å². The lowest BCUT2D eigenvalue weighted by atomic mass is 10.1. The Hall–Kier alpha value is -2.35. The first kappa shape index (κ1) is 18.0. The van der Waals surface area contributed by atoms with Crippen LogP contribution in [0.3, 0.4) is 0 Å². The van der Waals surface area contributed by atoms with E-state index in [0.29, 0.717) is 13.0 Å². The van der Waals surface area contributed by atoms with Gasteiger partial charge in [0.2, 0.25) is 5.91 Å². The first-order chi connectivity index (χ1) is 11.5. The molecule has 128 valence electrons.